The van der Waals surface area contributed by atoms with Gasteiger partial charge in [-0.15, -0.1) is 35.7 Å². The minimum Gasteiger partial charge on any atom is -0.509 e. The fourth-order valence-electron chi connectivity index (χ4n) is 8.25. The first-order valence-corrected chi connectivity index (χ1v) is 18.6. The van der Waals surface area contributed by atoms with Crippen LogP contribution in [0.5, 0.6) is 11.5 Å². The quantitative estimate of drug-likeness (QED) is 0.161. The number of aromatic nitrogens is 3. The second-order valence-corrected chi connectivity index (χ2v) is 14.2. The molecule has 0 saturated carbocycles. The number of aryl methyl sites for hydroxylation is 3. The van der Waals surface area contributed by atoms with Crippen LogP contribution in [-0.4, -0.2) is 14.1 Å². The molecule has 0 amide bonds. The second kappa shape index (κ2) is 14.1. The zero-order valence-corrected chi connectivity index (χ0v) is 33.8. The largest absolute Gasteiger partial charge is 0.509 e. The number of nitrogens with zero attached hydrogens (tertiary/aromatic N) is 4. The summed E-state index contributed by atoms with van der Waals surface area (Å²) in [7, 11) is 0. The van der Waals surface area contributed by atoms with Crippen molar-refractivity contribution in [2.75, 3.05) is 4.90 Å². The summed E-state index contributed by atoms with van der Waals surface area (Å²) in [6, 6.07) is 37.5. The fraction of sp³-hybridized carbons (Fsp3) is 0.0769. The molecule has 5 nitrogen and oxygen atoms in total. The molecule has 0 radical (unpaired) electrons. The Kier molecular flexibility index (Phi) is 6.61. The van der Waals surface area contributed by atoms with E-state index in [9.17, 15) is 1.37 Å². The summed E-state index contributed by atoms with van der Waals surface area (Å²) in [5, 5.41) is 6.91. The Balaban J connectivity index is 0.00000525. The first-order valence-electron chi connectivity index (χ1n) is 23.1. The number of para-hydroxylation sites is 3. The second-order valence-electron chi connectivity index (χ2n) is 14.2. The van der Waals surface area contributed by atoms with Crippen LogP contribution in [0, 0.1) is 32.6 Å². The van der Waals surface area contributed by atoms with Crippen molar-refractivity contribution in [2.45, 2.75) is 27.1 Å². The maximum absolute atomic E-state index is 9.30. The van der Waals surface area contributed by atoms with E-state index >= 15 is 0 Å². The number of ether oxygens (including phenoxy) is 1. The van der Waals surface area contributed by atoms with Crippen LogP contribution in [0.25, 0.3) is 71.0 Å². The van der Waals surface area contributed by atoms with Gasteiger partial charge in [0.2, 0.25) is 0 Å². The Labute approximate surface area is 364 Å². The van der Waals surface area contributed by atoms with E-state index < -0.39 is 18.5 Å². The number of rotatable bonds is 5. The molecule has 0 unspecified atom stereocenters. The van der Waals surface area contributed by atoms with Crippen molar-refractivity contribution in [1.82, 2.24) is 14.1 Å². The molecule has 0 fully saturated rings. The Bertz CT molecular complexity index is 3840. The molecule has 0 N–H and O–H groups in total. The van der Waals surface area contributed by atoms with Gasteiger partial charge in [-0.25, -0.2) is 4.98 Å². The zero-order valence-electron chi connectivity index (χ0n) is 40.5. The Morgan fingerprint density at radius 1 is 0.690 bits per heavy atom. The molecule has 11 rings (SSSR count). The molecule has 0 aliphatic carbocycles. The third-order valence-electron chi connectivity index (χ3n) is 10.8. The molecule has 0 atom stereocenters. The number of fused-ring (bicyclic) bond motifs is 10. The molecule has 3 aromatic heterocycles. The standard InChI is InChI=1S/C52H37N4O.Pt/c1-4-35-26-27-53-50(29-35)56-47-20-8-7-17-42(47)43-25-23-38(31-49(43)56)57-37-14-10-13-36(30-37)54-32-55-51-34(3)12-9-18-45(51)46-28-33(2)22-24-41(46)39-15-5-6-16-40(39)44-19-11-21-48(54)52(44)55;/h5-29,32H,4H2,1-3H3;/q-3;/i4D2,7D,8D,10D,13D,14D,17D,20D;. The van der Waals surface area contributed by atoms with Gasteiger partial charge in [-0.05, 0) is 103 Å². The van der Waals surface area contributed by atoms with Gasteiger partial charge in [0.15, 0.2) is 0 Å². The molecule has 58 heavy (non-hydrogen) atoms. The van der Waals surface area contributed by atoms with Crippen molar-refractivity contribution in [3.8, 4) is 17.3 Å². The normalized spacial score (nSPS) is 14.5. The average Bonchev–Trinajstić information content (AvgIpc) is 3.87. The van der Waals surface area contributed by atoms with E-state index in [1.807, 2.05) is 29.8 Å². The summed E-state index contributed by atoms with van der Waals surface area (Å²) in [6.07, 6.45) is -0.304. The van der Waals surface area contributed by atoms with Crippen LogP contribution in [0.2, 0.25) is 0 Å². The van der Waals surface area contributed by atoms with Gasteiger partial charge in [0.05, 0.1) is 5.48 Å². The maximum atomic E-state index is 9.30. The zero-order chi connectivity index (χ0) is 46.1. The van der Waals surface area contributed by atoms with Gasteiger partial charge in [0.1, 0.15) is 5.82 Å². The Hall–Kier alpha value is -6.55. The molecule has 6 heteroatoms. The molecular weight excluding hydrogens is 892 g/mol. The van der Waals surface area contributed by atoms with Crippen molar-refractivity contribution < 1.29 is 38.1 Å². The number of hydrogen-bond acceptors (Lipinski definition) is 3. The number of pyridine rings is 1. The summed E-state index contributed by atoms with van der Waals surface area (Å²) >= 11 is 0. The minimum absolute atomic E-state index is 0. The van der Waals surface area contributed by atoms with E-state index in [2.05, 4.69) is 96.2 Å². The summed E-state index contributed by atoms with van der Waals surface area (Å²) in [5.74, 6) is 0.122. The molecule has 7 aromatic carbocycles. The molecule has 4 heterocycles. The number of anilines is 2. The molecule has 284 valence electrons. The van der Waals surface area contributed by atoms with Gasteiger partial charge < -0.3 is 18.8 Å². The van der Waals surface area contributed by atoms with Crippen LogP contribution in [0.3, 0.4) is 0 Å². The maximum Gasteiger partial charge on any atom is 0.135 e. The molecule has 0 bridgehead atoms. The summed E-state index contributed by atoms with van der Waals surface area (Å²) in [6.45, 7) is 7.50. The van der Waals surface area contributed by atoms with Crippen molar-refractivity contribution in [3.63, 3.8) is 0 Å². The van der Waals surface area contributed by atoms with E-state index in [4.69, 9.17) is 15.7 Å². The molecule has 10 aromatic rings. The van der Waals surface area contributed by atoms with Crippen LogP contribution < -0.4 is 9.64 Å². The van der Waals surface area contributed by atoms with Crippen molar-refractivity contribution in [3.05, 3.63) is 187 Å². The van der Waals surface area contributed by atoms with E-state index in [0.717, 1.165) is 60.2 Å². The number of benzene rings is 7. The van der Waals surface area contributed by atoms with Crippen molar-refractivity contribution in [2.24, 2.45) is 0 Å². The first kappa shape index (κ1) is 27.1. The van der Waals surface area contributed by atoms with Crippen LogP contribution in [0.4, 0.5) is 11.4 Å². The molecular formula is C52H37N4OPt-3. The smallest absolute Gasteiger partial charge is 0.135 e. The predicted octanol–water partition coefficient (Wildman–Crippen LogP) is 13.4. The van der Waals surface area contributed by atoms with E-state index in [-0.39, 0.29) is 90.7 Å². The van der Waals surface area contributed by atoms with Crippen LogP contribution in [0.15, 0.2) is 152 Å². The van der Waals surface area contributed by atoms with Crippen molar-refractivity contribution in [1.29, 1.82) is 0 Å². The van der Waals surface area contributed by atoms with E-state index in [1.165, 1.54) is 23.8 Å². The first-order chi connectivity index (χ1) is 31.6. The third kappa shape index (κ3) is 5.64. The van der Waals surface area contributed by atoms with Crippen LogP contribution in [-0.2, 0) is 27.4 Å². The van der Waals surface area contributed by atoms with Crippen molar-refractivity contribution >= 4 is 76.5 Å². The molecule has 0 saturated heterocycles. The van der Waals surface area contributed by atoms with Gasteiger partial charge in [-0.3, -0.25) is 0 Å². The molecule has 0 spiro atoms. The topological polar surface area (TPSA) is 35.2 Å². The number of hydrogen-bond donors (Lipinski definition) is 0. The predicted molar refractivity (Wildman–Crippen MR) is 236 cm³/mol. The fourth-order valence-corrected chi connectivity index (χ4v) is 8.25. The van der Waals surface area contributed by atoms with Gasteiger partial charge in [-0.1, -0.05) is 126 Å². The third-order valence-corrected chi connectivity index (χ3v) is 10.8. The van der Waals surface area contributed by atoms with Gasteiger partial charge in [0.25, 0.3) is 0 Å². The minimum atomic E-state index is -1.75. The monoisotopic (exact) mass is 937 g/mol. The van der Waals surface area contributed by atoms with Crippen LogP contribution in [0.1, 0.15) is 36.0 Å². The van der Waals surface area contributed by atoms with E-state index in [0.29, 0.717) is 10.9 Å². The van der Waals surface area contributed by atoms with Gasteiger partial charge in [0, 0.05) is 54.1 Å². The SMILES string of the molecule is [2H]c1c(Oc2[c-]c3c(cc2)c2c([2H])c([2H])c([2H])c([2H])c2n3-c2cc(C([2H])([2H])C)ccn2)[c-]c(N2[CH-]n3c4c(C)cccc4c4cc(C)ccc4c4ccccc4c4cccc2c43)c([2H])c1[2H].[Pt]. The average molecular weight is 938 g/mol. The summed E-state index contributed by atoms with van der Waals surface area (Å²) in [5.41, 5.74) is 5.58. The summed E-state index contributed by atoms with van der Waals surface area (Å²) in [4.78, 5) is 6.34. The molecule has 1 aliphatic rings. The van der Waals surface area contributed by atoms with Gasteiger partial charge >= 0.3 is 0 Å². The summed E-state index contributed by atoms with van der Waals surface area (Å²) < 4.78 is 89.1. The van der Waals surface area contributed by atoms with E-state index in [1.54, 1.807) is 18.2 Å². The Morgan fingerprint density at radius 2 is 1.45 bits per heavy atom. The van der Waals surface area contributed by atoms with Crippen LogP contribution >= 0.6 is 0 Å². The molecule has 1 aliphatic heterocycles. The Morgan fingerprint density at radius 3 is 2.31 bits per heavy atom. The van der Waals surface area contributed by atoms with Gasteiger partial charge in [-0.2, -0.15) is 12.1 Å².